The monoisotopic (exact) mass is 257 g/mol. The van der Waals surface area contributed by atoms with Gasteiger partial charge < -0.3 is 20.9 Å². The molecule has 0 aromatic heterocycles. The SMILES string of the molecule is C/C=C(/CNC(C(C)C)C(N)O)N=CCCOC. The van der Waals surface area contributed by atoms with Crippen molar-refractivity contribution in [1.29, 1.82) is 0 Å². The second-order valence-corrected chi connectivity index (χ2v) is 4.51. The number of aliphatic hydroxyl groups is 1. The fourth-order valence-electron chi connectivity index (χ4n) is 1.55. The predicted octanol–water partition coefficient (Wildman–Crippen LogP) is 0.889. The summed E-state index contributed by atoms with van der Waals surface area (Å²) in [6, 6.07) is -0.130. The summed E-state index contributed by atoms with van der Waals surface area (Å²) in [6.45, 7) is 7.24. The van der Waals surface area contributed by atoms with Gasteiger partial charge in [-0.15, -0.1) is 0 Å². The molecule has 0 bridgehead atoms. The van der Waals surface area contributed by atoms with Crippen molar-refractivity contribution in [2.45, 2.75) is 39.5 Å². The van der Waals surface area contributed by atoms with Gasteiger partial charge >= 0.3 is 0 Å². The fourth-order valence-corrected chi connectivity index (χ4v) is 1.55. The van der Waals surface area contributed by atoms with Gasteiger partial charge in [-0.05, 0) is 12.8 Å². The molecule has 18 heavy (non-hydrogen) atoms. The quantitative estimate of drug-likeness (QED) is 0.325. The van der Waals surface area contributed by atoms with Gasteiger partial charge in [0, 0.05) is 38.0 Å². The summed E-state index contributed by atoms with van der Waals surface area (Å²) in [4.78, 5) is 4.34. The first-order chi connectivity index (χ1) is 8.52. The Bertz CT molecular complexity index is 255. The first kappa shape index (κ1) is 17.2. The van der Waals surface area contributed by atoms with Crippen molar-refractivity contribution in [2.75, 3.05) is 20.3 Å². The van der Waals surface area contributed by atoms with Crippen LogP contribution in [0.4, 0.5) is 0 Å². The van der Waals surface area contributed by atoms with Crippen molar-refractivity contribution < 1.29 is 9.84 Å². The number of nitrogens with zero attached hydrogens (tertiary/aromatic N) is 1. The lowest BCUT2D eigenvalue weighted by Crippen LogP contribution is -2.48. The molecule has 5 heteroatoms. The highest BCUT2D eigenvalue weighted by Gasteiger charge is 2.18. The highest BCUT2D eigenvalue weighted by Crippen LogP contribution is 2.05. The molecule has 0 saturated carbocycles. The Balaban J connectivity index is 4.18. The van der Waals surface area contributed by atoms with E-state index in [2.05, 4.69) is 10.3 Å². The molecule has 0 spiro atoms. The standard InChI is InChI=1S/C13H27N3O2/c1-5-11(15-7-6-8-18-4)9-16-12(10(2)3)13(14)17/h5,7,10,12-13,16-17H,6,8-9,14H2,1-4H3/b11-5-,15-7?. The normalized spacial score (nSPS) is 16.5. The smallest absolute Gasteiger partial charge is 0.118 e. The van der Waals surface area contributed by atoms with Crippen LogP contribution in [0.3, 0.4) is 0 Å². The molecule has 4 N–H and O–H groups in total. The van der Waals surface area contributed by atoms with Gasteiger partial charge in [-0.2, -0.15) is 0 Å². The van der Waals surface area contributed by atoms with Crippen LogP contribution in [0.15, 0.2) is 16.8 Å². The van der Waals surface area contributed by atoms with Crippen molar-refractivity contribution in [2.24, 2.45) is 16.6 Å². The van der Waals surface area contributed by atoms with Crippen LogP contribution in [0, 0.1) is 5.92 Å². The molecule has 0 heterocycles. The van der Waals surface area contributed by atoms with E-state index < -0.39 is 6.23 Å². The van der Waals surface area contributed by atoms with Crippen molar-refractivity contribution in [1.82, 2.24) is 5.32 Å². The van der Waals surface area contributed by atoms with Crippen LogP contribution >= 0.6 is 0 Å². The van der Waals surface area contributed by atoms with Gasteiger partial charge in [-0.3, -0.25) is 4.99 Å². The fraction of sp³-hybridized carbons (Fsp3) is 0.769. The molecular formula is C13H27N3O2. The molecule has 106 valence electrons. The van der Waals surface area contributed by atoms with Crippen LogP contribution in [0.1, 0.15) is 27.2 Å². The second-order valence-electron chi connectivity index (χ2n) is 4.51. The van der Waals surface area contributed by atoms with E-state index in [1.165, 1.54) is 0 Å². The minimum absolute atomic E-state index is 0.130. The summed E-state index contributed by atoms with van der Waals surface area (Å²) < 4.78 is 4.94. The number of aliphatic hydroxyl groups excluding tert-OH is 1. The summed E-state index contributed by atoms with van der Waals surface area (Å²) in [7, 11) is 1.67. The molecule has 0 radical (unpaired) electrons. The number of aliphatic imine (C=N–C) groups is 1. The van der Waals surface area contributed by atoms with Gasteiger partial charge in [0.15, 0.2) is 0 Å². The largest absolute Gasteiger partial charge is 0.384 e. The number of ether oxygens (including phenoxy) is 1. The Morgan fingerprint density at radius 3 is 2.61 bits per heavy atom. The average molecular weight is 257 g/mol. The molecule has 5 nitrogen and oxygen atoms in total. The molecular weight excluding hydrogens is 230 g/mol. The third kappa shape index (κ3) is 7.55. The number of rotatable bonds is 9. The second kappa shape index (κ2) is 10.2. The van der Waals surface area contributed by atoms with E-state index in [1.54, 1.807) is 7.11 Å². The summed E-state index contributed by atoms with van der Waals surface area (Å²) in [5, 5.41) is 12.7. The molecule has 0 aromatic carbocycles. The molecule has 0 rings (SSSR count). The third-order valence-electron chi connectivity index (χ3n) is 2.65. The van der Waals surface area contributed by atoms with Gasteiger partial charge in [-0.1, -0.05) is 19.9 Å². The molecule has 0 aromatic rings. The van der Waals surface area contributed by atoms with Crippen LogP contribution in [0.25, 0.3) is 0 Å². The number of methoxy groups -OCH3 is 1. The number of nitrogens with one attached hydrogen (secondary N) is 1. The number of hydrogen-bond acceptors (Lipinski definition) is 5. The Morgan fingerprint density at radius 1 is 1.50 bits per heavy atom. The van der Waals surface area contributed by atoms with Crippen LogP contribution < -0.4 is 11.1 Å². The maximum absolute atomic E-state index is 9.46. The van der Waals surface area contributed by atoms with Crippen LogP contribution in [-0.2, 0) is 4.74 Å². The molecule has 0 saturated heterocycles. The van der Waals surface area contributed by atoms with Crippen molar-refractivity contribution in [3.8, 4) is 0 Å². The lowest BCUT2D eigenvalue weighted by atomic mass is 10.0. The van der Waals surface area contributed by atoms with Crippen LogP contribution in [0.2, 0.25) is 0 Å². The molecule has 0 aliphatic carbocycles. The molecule has 0 fully saturated rings. The predicted molar refractivity (Wildman–Crippen MR) is 75.6 cm³/mol. The topological polar surface area (TPSA) is 79.9 Å². The Kier molecular flexibility index (Phi) is 9.77. The van der Waals surface area contributed by atoms with Crippen LogP contribution in [-0.4, -0.2) is 43.9 Å². The summed E-state index contributed by atoms with van der Waals surface area (Å²) in [5.41, 5.74) is 6.45. The first-order valence-corrected chi connectivity index (χ1v) is 6.36. The van der Waals surface area contributed by atoms with Gasteiger partial charge in [-0.25, -0.2) is 0 Å². The van der Waals surface area contributed by atoms with E-state index in [0.717, 1.165) is 12.1 Å². The Morgan fingerprint density at radius 2 is 2.17 bits per heavy atom. The van der Waals surface area contributed by atoms with Crippen molar-refractivity contribution in [3.05, 3.63) is 11.8 Å². The minimum Gasteiger partial charge on any atom is -0.384 e. The van der Waals surface area contributed by atoms with Crippen LogP contribution in [0.5, 0.6) is 0 Å². The highest BCUT2D eigenvalue weighted by atomic mass is 16.5. The highest BCUT2D eigenvalue weighted by molar-refractivity contribution is 5.59. The van der Waals surface area contributed by atoms with E-state index in [4.69, 9.17) is 10.5 Å². The zero-order valence-corrected chi connectivity index (χ0v) is 11.9. The third-order valence-corrected chi connectivity index (χ3v) is 2.65. The zero-order chi connectivity index (χ0) is 14.0. The van der Waals surface area contributed by atoms with Gasteiger partial charge in [0.2, 0.25) is 0 Å². The lowest BCUT2D eigenvalue weighted by molar-refractivity contribution is 0.112. The van der Waals surface area contributed by atoms with E-state index in [1.807, 2.05) is 33.1 Å². The Labute approximate surface area is 110 Å². The molecule has 2 unspecified atom stereocenters. The molecule has 0 aliphatic rings. The van der Waals surface area contributed by atoms with E-state index >= 15 is 0 Å². The minimum atomic E-state index is -0.861. The number of allylic oxidation sites excluding steroid dienone is 1. The van der Waals surface area contributed by atoms with E-state index in [0.29, 0.717) is 13.2 Å². The summed E-state index contributed by atoms with van der Waals surface area (Å²) >= 11 is 0. The zero-order valence-electron chi connectivity index (χ0n) is 11.9. The van der Waals surface area contributed by atoms with Gasteiger partial charge in [0.05, 0.1) is 6.61 Å². The maximum atomic E-state index is 9.46. The maximum Gasteiger partial charge on any atom is 0.118 e. The number of nitrogens with two attached hydrogens (primary N) is 1. The average Bonchev–Trinajstić information content (AvgIpc) is 2.31. The first-order valence-electron chi connectivity index (χ1n) is 6.36. The van der Waals surface area contributed by atoms with Crippen molar-refractivity contribution >= 4 is 6.21 Å². The van der Waals surface area contributed by atoms with Gasteiger partial charge in [0.1, 0.15) is 6.23 Å². The van der Waals surface area contributed by atoms with E-state index in [9.17, 15) is 5.11 Å². The summed E-state index contributed by atoms with van der Waals surface area (Å²) in [5.74, 6) is 0.264. The molecule has 0 amide bonds. The van der Waals surface area contributed by atoms with E-state index in [-0.39, 0.29) is 12.0 Å². The number of hydrogen-bond donors (Lipinski definition) is 3. The van der Waals surface area contributed by atoms with Crippen molar-refractivity contribution in [3.63, 3.8) is 0 Å². The lowest BCUT2D eigenvalue weighted by Gasteiger charge is -2.24. The molecule has 2 atom stereocenters. The molecule has 0 aliphatic heterocycles. The Hall–Kier alpha value is -0.750. The van der Waals surface area contributed by atoms with Gasteiger partial charge in [0.25, 0.3) is 0 Å². The summed E-state index contributed by atoms with van der Waals surface area (Å²) in [6.07, 6.45) is 3.71.